The van der Waals surface area contributed by atoms with Crippen molar-refractivity contribution in [2.75, 3.05) is 19.0 Å². The monoisotopic (exact) mass is 369 g/mol. The molecule has 0 amide bonds. The van der Waals surface area contributed by atoms with Crippen molar-refractivity contribution in [2.24, 2.45) is 5.92 Å². The minimum atomic E-state index is 0.308. The largest absolute Gasteiger partial charge is 0.497 e. The Morgan fingerprint density at radius 3 is 2.85 bits per heavy atom. The van der Waals surface area contributed by atoms with Crippen molar-refractivity contribution < 1.29 is 9.84 Å². The summed E-state index contributed by atoms with van der Waals surface area (Å²) in [6.07, 6.45) is 8.04. The van der Waals surface area contributed by atoms with E-state index in [0.717, 1.165) is 57.9 Å². The first-order valence-electron chi connectivity index (χ1n) is 9.03. The number of hydrogen-bond acceptors (Lipinski definition) is 6. The lowest BCUT2D eigenvalue weighted by molar-refractivity contribution is 0.186. The van der Waals surface area contributed by atoms with E-state index in [2.05, 4.69) is 16.4 Å². The number of ether oxygens (including phenoxy) is 1. The molecular weight excluding hydrogens is 346 g/mol. The molecule has 26 heavy (non-hydrogen) atoms. The molecule has 1 aromatic carbocycles. The van der Waals surface area contributed by atoms with E-state index in [9.17, 15) is 5.11 Å². The van der Waals surface area contributed by atoms with Crippen molar-refractivity contribution in [3.63, 3.8) is 0 Å². The van der Waals surface area contributed by atoms with E-state index in [1.165, 1.54) is 0 Å². The third-order valence-electron chi connectivity index (χ3n) is 5.11. The maximum Gasteiger partial charge on any atom is 0.128 e. The molecule has 2 N–H and O–H groups in total. The average molecular weight is 369 g/mol. The number of nitrogens with one attached hydrogen (secondary N) is 1. The van der Waals surface area contributed by atoms with Crippen LogP contribution >= 0.6 is 11.3 Å². The van der Waals surface area contributed by atoms with Crippen LogP contribution in [0.2, 0.25) is 0 Å². The molecule has 2 aromatic heterocycles. The fraction of sp³-hybridized carbons (Fsp3) is 0.400. The van der Waals surface area contributed by atoms with E-state index in [4.69, 9.17) is 9.72 Å². The van der Waals surface area contributed by atoms with Gasteiger partial charge in [-0.2, -0.15) is 0 Å². The number of aromatic nitrogens is 2. The molecule has 0 atom stereocenters. The van der Waals surface area contributed by atoms with Crippen LogP contribution in [-0.4, -0.2) is 34.8 Å². The quantitative estimate of drug-likeness (QED) is 0.701. The van der Waals surface area contributed by atoms with E-state index in [0.29, 0.717) is 18.6 Å². The highest BCUT2D eigenvalue weighted by atomic mass is 32.1. The summed E-state index contributed by atoms with van der Waals surface area (Å²) in [6.45, 7) is 0.308. The number of methoxy groups -OCH3 is 1. The molecule has 1 fully saturated rings. The van der Waals surface area contributed by atoms with E-state index < -0.39 is 0 Å². The minimum absolute atomic E-state index is 0.308. The second-order valence-electron chi connectivity index (χ2n) is 6.82. The zero-order valence-corrected chi connectivity index (χ0v) is 15.6. The molecule has 5 nitrogen and oxygen atoms in total. The van der Waals surface area contributed by atoms with Gasteiger partial charge in [0.05, 0.1) is 22.9 Å². The van der Waals surface area contributed by atoms with E-state index in [-0.39, 0.29) is 0 Å². The number of pyridine rings is 1. The van der Waals surface area contributed by atoms with Gasteiger partial charge in [-0.1, -0.05) is 0 Å². The summed E-state index contributed by atoms with van der Waals surface area (Å²) in [4.78, 5) is 9.11. The van der Waals surface area contributed by atoms with Crippen molar-refractivity contribution in [2.45, 2.75) is 31.7 Å². The number of benzene rings is 1. The van der Waals surface area contributed by atoms with Gasteiger partial charge in [0.25, 0.3) is 0 Å². The van der Waals surface area contributed by atoms with Crippen LogP contribution in [0.4, 0.5) is 5.69 Å². The first-order valence-corrected chi connectivity index (χ1v) is 9.85. The average Bonchev–Trinajstić information content (AvgIpc) is 3.12. The zero-order valence-electron chi connectivity index (χ0n) is 14.8. The van der Waals surface area contributed by atoms with Crippen LogP contribution < -0.4 is 10.1 Å². The van der Waals surface area contributed by atoms with Crippen LogP contribution in [0, 0.1) is 5.92 Å². The Labute approximate surface area is 157 Å². The Kier molecular flexibility index (Phi) is 5.04. The summed E-state index contributed by atoms with van der Waals surface area (Å²) in [5.74, 6) is 1.28. The predicted molar refractivity (Wildman–Crippen MR) is 106 cm³/mol. The summed E-state index contributed by atoms with van der Waals surface area (Å²) in [5, 5.41) is 14.0. The van der Waals surface area contributed by atoms with E-state index >= 15 is 0 Å². The first-order chi connectivity index (χ1) is 12.8. The van der Waals surface area contributed by atoms with Gasteiger partial charge in [-0.15, -0.1) is 11.3 Å². The molecule has 0 saturated heterocycles. The standard InChI is InChI=1S/C20H23N3O2S/c1-25-15-6-7-19-18(10-15)23-20(26-19)16-11-21-9-8-17(16)22-14-4-2-13(12-24)3-5-14/h6-11,13-14,24H,2-5,12H2,1H3,(H,21,22). The van der Waals surface area contributed by atoms with Gasteiger partial charge < -0.3 is 15.2 Å². The number of fused-ring (bicyclic) bond motifs is 1. The molecule has 6 heteroatoms. The number of aliphatic hydroxyl groups is 1. The number of rotatable bonds is 5. The van der Waals surface area contributed by atoms with Gasteiger partial charge in [0.15, 0.2) is 0 Å². The molecule has 2 heterocycles. The Morgan fingerprint density at radius 1 is 1.23 bits per heavy atom. The molecule has 136 valence electrons. The number of hydrogen-bond donors (Lipinski definition) is 2. The number of anilines is 1. The van der Waals surface area contributed by atoms with Gasteiger partial charge in [0.1, 0.15) is 10.8 Å². The molecule has 1 aliphatic rings. The normalized spacial score (nSPS) is 20.2. The second-order valence-corrected chi connectivity index (χ2v) is 7.85. The summed E-state index contributed by atoms with van der Waals surface area (Å²) in [5.41, 5.74) is 3.07. The Hall–Kier alpha value is -2.18. The van der Waals surface area contributed by atoms with Crippen molar-refractivity contribution in [3.8, 4) is 16.3 Å². The van der Waals surface area contributed by atoms with Crippen LogP contribution in [0.5, 0.6) is 5.75 Å². The van der Waals surface area contributed by atoms with Crippen molar-refractivity contribution in [1.82, 2.24) is 9.97 Å². The molecule has 1 saturated carbocycles. The fourth-order valence-corrected chi connectivity index (χ4v) is 4.52. The molecule has 3 aromatic rings. The molecular formula is C20H23N3O2S. The lowest BCUT2D eigenvalue weighted by atomic mass is 9.86. The van der Waals surface area contributed by atoms with Crippen molar-refractivity contribution in [1.29, 1.82) is 0 Å². The SMILES string of the molecule is COc1ccc2sc(-c3cnccc3NC3CCC(CO)CC3)nc2c1. The number of thiazole rings is 1. The molecule has 0 spiro atoms. The number of aliphatic hydroxyl groups excluding tert-OH is 1. The Morgan fingerprint density at radius 2 is 2.08 bits per heavy atom. The topological polar surface area (TPSA) is 67.3 Å². The van der Waals surface area contributed by atoms with Crippen molar-refractivity contribution >= 4 is 27.2 Å². The van der Waals surface area contributed by atoms with Gasteiger partial charge in [0, 0.05) is 36.8 Å². The molecule has 0 unspecified atom stereocenters. The maximum atomic E-state index is 9.32. The Balaban J connectivity index is 1.59. The summed E-state index contributed by atoms with van der Waals surface area (Å²) < 4.78 is 6.44. The van der Waals surface area contributed by atoms with Crippen LogP contribution in [-0.2, 0) is 0 Å². The lowest BCUT2D eigenvalue weighted by Gasteiger charge is -2.29. The lowest BCUT2D eigenvalue weighted by Crippen LogP contribution is -2.27. The van der Waals surface area contributed by atoms with E-state index in [1.54, 1.807) is 18.4 Å². The summed E-state index contributed by atoms with van der Waals surface area (Å²) in [7, 11) is 1.67. The Bertz CT molecular complexity index is 888. The third-order valence-corrected chi connectivity index (χ3v) is 6.18. The van der Waals surface area contributed by atoms with Crippen LogP contribution in [0.25, 0.3) is 20.8 Å². The van der Waals surface area contributed by atoms with Gasteiger partial charge in [0.2, 0.25) is 0 Å². The highest BCUT2D eigenvalue weighted by Crippen LogP contribution is 2.36. The summed E-state index contributed by atoms with van der Waals surface area (Å²) in [6, 6.07) is 8.45. The first kappa shape index (κ1) is 17.2. The van der Waals surface area contributed by atoms with E-state index in [1.807, 2.05) is 30.6 Å². The molecule has 1 aliphatic carbocycles. The number of nitrogens with zero attached hydrogens (tertiary/aromatic N) is 2. The van der Waals surface area contributed by atoms with Gasteiger partial charge >= 0.3 is 0 Å². The molecule has 4 rings (SSSR count). The molecule has 0 radical (unpaired) electrons. The van der Waals surface area contributed by atoms with Gasteiger partial charge in [-0.05, 0) is 49.8 Å². The highest BCUT2D eigenvalue weighted by molar-refractivity contribution is 7.21. The van der Waals surface area contributed by atoms with Gasteiger partial charge in [-0.25, -0.2) is 4.98 Å². The zero-order chi connectivity index (χ0) is 17.9. The fourth-order valence-electron chi connectivity index (χ4n) is 3.55. The second kappa shape index (κ2) is 7.60. The third kappa shape index (κ3) is 3.52. The summed E-state index contributed by atoms with van der Waals surface area (Å²) >= 11 is 1.67. The minimum Gasteiger partial charge on any atom is -0.497 e. The van der Waals surface area contributed by atoms with Crippen molar-refractivity contribution in [3.05, 3.63) is 36.7 Å². The highest BCUT2D eigenvalue weighted by Gasteiger charge is 2.21. The maximum absolute atomic E-state index is 9.32. The predicted octanol–water partition coefficient (Wildman–Crippen LogP) is 4.33. The van der Waals surface area contributed by atoms with Crippen LogP contribution in [0.3, 0.4) is 0 Å². The van der Waals surface area contributed by atoms with Gasteiger partial charge in [-0.3, -0.25) is 4.98 Å². The molecule has 0 aliphatic heterocycles. The van der Waals surface area contributed by atoms with Crippen LogP contribution in [0.15, 0.2) is 36.7 Å². The molecule has 0 bridgehead atoms. The smallest absolute Gasteiger partial charge is 0.128 e. The van der Waals surface area contributed by atoms with Crippen LogP contribution in [0.1, 0.15) is 25.7 Å².